The molecule has 4 aromatic rings. The molecule has 0 amide bonds. The second kappa shape index (κ2) is 20.4. The quantitative estimate of drug-likeness (QED) is 0.174. The predicted octanol–water partition coefficient (Wildman–Crippen LogP) is 5.98. The molecule has 1 N–H and O–H groups in total. The molecule has 0 saturated carbocycles. The Kier molecular flexibility index (Phi) is 14.3. The SMILES string of the molecule is [C-]#[N+]C(C=C1C=CN(CCO)C=C1)=c1ccc(=C(C#N)C(=O)c2ccccc2)cc1.[C-]#[N+]C(C=C1C=CN(c2ccccc2)C=C1)=c1ccc(=C(C#N)C(C)=O)cc1. The Hall–Kier alpha value is -8.34. The number of hydrogen-bond acceptors (Lipinski definition) is 7. The summed E-state index contributed by atoms with van der Waals surface area (Å²) in [4.78, 5) is 35.2. The number of benzene rings is 4. The van der Waals surface area contributed by atoms with Crippen molar-refractivity contribution in [2.45, 2.75) is 6.92 Å². The van der Waals surface area contributed by atoms with Crippen molar-refractivity contribution < 1.29 is 14.7 Å². The van der Waals surface area contributed by atoms with Gasteiger partial charge in [-0.25, -0.2) is 9.69 Å². The van der Waals surface area contributed by atoms with Crippen molar-refractivity contribution in [1.82, 2.24) is 4.90 Å². The van der Waals surface area contributed by atoms with Gasteiger partial charge < -0.3 is 14.9 Å². The first-order valence-corrected chi connectivity index (χ1v) is 18.0. The molecule has 0 aliphatic carbocycles. The first-order valence-electron chi connectivity index (χ1n) is 18.0. The number of ketones is 2. The van der Waals surface area contributed by atoms with Crippen molar-refractivity contribution >= 4 is 39.8 Å². The van der Waals surface area contributed by atoms with Gasteiger partial charge in [-0.15, -0.1) is 0 Å². The van der Waals surface area contributed by atoms with Crippen LogP contribution in [0.25, 0.3) is 32.2 Å². The first-order chi connectivity index (χ1) is 28.3. The van der Waals surface area contributed by atoms with E-state index >= 15 is 0 Å². The van der Waals surface area contributed by atoms with Crippen LogP contribution in [-0.2, 0) is 4.79 Å². The summed E-state index contributed by atoms with van der Waals surface area (Å²) in [5.41, 5.74) is 4.43. The van der Waals surface area contributed by atoms with E-state index in [1.54, 1.807) is 78.9 Å². The van der Waals surface area contributed by atoms with Crippen LogP contribution in [0.3, 0.4) is 0 Å². The Morgan fingerprint density at radius 2 is 1.07 bits per heavy atom. The minimum absolute atomic E-state index is 0.0635. The molecule has 9 heteroatoms. The van der Waals surface area contributed by atoms with Gasteiger partial charge in [0.25, 0.3) is 0 Å². The number of nitrogens with zero attached hydrogens (tertiary/aromatic N) is 6. The van der Waals surface area contributed by atoms with E-state index in [1.165, 1.54) is 6.92 Å². The van der Waals surface area contributed by atoms with Crippen LogP contribution in [0.1, 0.15) is 17.3 Å². The molecular formula is C49H36N6O3. The van der Waals surface area contributed by atoms with Gasteiger partial charge in [0, 0.05) is 42.6 Å². The highest BCUT2D eigenvalue weighted by atomic mass is 16.3. The van der Waals surface area contributed by atoms with Gasteiger partial charge in [0.1, 0.15) is 23.3 Å². The molecular weight excluding hydrogens is 721 g/mol. The highest BCUT2D eigenvalue weighted by Crippen LogP contribution is 2.20. The Labute approximate surface area is 336 Å². The van der Waals surface area contributed by atoms with E-state index in [4.69, 9.17) is 23.5 Å². The molecule has 0 aromatic heterocycles. The lowest BCUT2D eigenvalue weighted by atomic mass is 10.0. The van der Waals surface area contributed by atoms with E-state index in [1.807, 2.05) is 114 Å². The molecule has 58 heavy (non-hydrogen) atoms. The van der Waals surface area contributed by atoms with Gasteiger partial charge in [-0.3, -0.25) is 9.59 Å². The summed E-state index contributed by atoms with van der Waals surface area (Å²) in [6.07, 6.45) is 18.8. The summed E-state index contributed by atoms with van der Waals surface area (Å²) in [6, 6.07) is 36.4. The van der Waals surface area contributed by atoms with Crippen LogP contribution < -0.4 is 25.8 Å². The third-order valence-electron chi connectivity index (χ3n) is 8.81. The molecule has 6 rings (SSSR count). The number of aliphatic hydroxyl groups excluding tert-OH is 1. The summed E-state index contributed by atoms with van der Waals surface area (Å²) in [6.45, 7) is 17.0. The third-order valence-corrected chi connectivity index (χ3v) is 8.81. The van der Waals surface area contributed by atoms with Crippen LogP contribution in [0.5, 0.6) is 0 Å². The first kappa shape index (κ1) is 40.8. The number of para-hydroxylation sites is 1. The molecule has 0 atom stereocenters. The Balaban J connectivity index is 0.000000221. The second-order valence-electron chi connectivity index (χ2n) is 12.6. The van der Waals surface area contributed by atoms with Crippen LogP contribution in [0.2, 0.25) is 0 Å². The average molecular weight is 757 g/mol. The van der Waals surface area contributed by atoms with Crippen LogP contribution in [-0.4, -0.2) is 34.7 Å². The van der Waals surface area contributed by atoms with Crippen LogP contribution in [0.4, 0.5) is 5.69 Å². The number of hydrogen-bond donors (Lipinski definition) is 1. The fourth-order valence-electron chi connectivity index (χ4n) is 5.75. The van der Waals surface area contributed by atoms with Crippen LogP contribution >= 0.6 is 0 Å². The molecule has 0 bridgehead atoms. The minimum Gasteiger partial charge on any atom is -0.395 e. The van der Waals surface area contributed by atoms with E-state index < -0.39 is 0 Å². The number of rotatable bonds is 8. The maximum absolute atomic E-state index is 12.6. The van der Waals surface area contributed by atoms with Gasteiger partial charge >= 0.3 is 0 Å². The number of aliphatic hydroxyl groups is 1. The topological polar surface area (TPSA) is 117 Å². The lowest BCUT2D eigenvalue weighted by Crippen LogP contribution is -2.16. The molecule has 280 valence electrons. The molecule has 4 aromatic carbocycles. The molecule has 0 unspecified atom stereocenters. The van der Waals surface area contributed by atoms with Gasteiger partial charge in [-0.2, -0.15) is 10.5 Å². The summed E-state index contributed by atoms with van der Waals surface area (Å²) in [5, 5.41) is 30.1. The molecule has 0 spiro atoms. The molecule has 9 nitrogen and oxygen atoms in total. The number of allylic oxidation sites excluding steroid dienone is 6. The summed E-state index contributed by atoms with van der Waals surface area (Å²) in [5.74, 6) is -0.598. The molecule has 2 aliphatic heterocycles. The molecule has 2 aliphatic rings. The number of nitriles is 2. The van der Waals surface area contributed by atoms with Gasteiger partial charge in [-0.05, 0) is 87.5 Å². The normalized spacial score (nSPS) is 12.1. The molecule has 0 radical (unpaired) electrons. The minimum atomic E-state index is -0.327. The zero-order chi connectivity index (χ0) is 41.3. The average Bonchev–Trinajstić information content (AvgIpc) is 3.27. The van der Waals surface area contributed by atoms with Crippen molar-refractivity contribution in [2.75, 3.05) is 18.1 Å². The summed E-state index contributed by atoms with van der Waals surface area (Å²) < 4.78 is 0. The Bertz CT molecular complexity index is 2760. The van der Waals surface area contributed by atoms with Gasteiger partial charge in [0.15, 0.2) is 17.2 Å². The number of carbonyl (C=O) groups excluding carboxylic acids is 2. The number of β-amino-alcohol motifs (C(OH)–C–C–N with tert-alkyl or cyclic N) is 1. The van der Waals surface area contributed by atoms with E-state index in [0.29, 0.717) is 39.2 Å². The second-order valence-corrected chi connectivity index (χ2v) is 12.6. The lowest BCUT2D eigenvalue weighted by molar-refractivity contribution is -0.111. The largest absolute Gasteiger partial charge is 0.395 e. The van der Waals surface area contributed by atoms with E-state index in [2.05, 4.69) is 9.69 Å². The zero-order valence-corrected chi connectivity index (χ0v) is 31.5. The molecule has 0 fully saturated rings. The Morgan fingerprint density at radius 3 is 1.50 bits per heavy atom. The van der Waals surface area contributed by atoms with Gasteiger partial charge in [0.2, 0.25) is 5.78 Å². The van der Waals surface area contributed by atoms with Crippen molar-refractivity contribution in [3.8, 4) is 12.1 Å². The standard InChI is InChI=1S/C25H19N3O2.C24H17N3O/c1-27-24(17-19-11-13-28(14-12-19)15-16-29)21-9-7-20(8-10-21)23(18-26)25(30)22-5-3-2-4-6-22;1-18(28)23(17-25)20-8-10-21(11-9-20)24(26-2)16-19-12-14-27(15-13-19)22-6-4-3-5-7-22/h2-14,17,29H,15-16H2;3-16H,1H3. The molecule has 0 saturated heterocycles. The third kappa shape index (κ3) is 10.7. The highest BCUT2D eigenvalue weighted by Gasteiger charge is 2.12. The fraction of sp³-hybridized carbons (Fsp3) is 0.0612. The Morgan fingerprint density at radius 1 is 0.638 bits per heavy atom. The highest BCUT2D eigenvalue weighted by molar-refractivity contribution is 6.28. The number of Topliss-reactive ketones (excluding diaryl/α,β-unsaturated/α-hetero) is 2. The number of anilines is 1. The summed E-state index contributed by atoms with van der Waals surface area (Å²) in [7, 11) is 0. The fourth-order valence-corrected chi connectivity index (χ4v) is 5.75. The van der Waals surface area contributed by atoms with E-state index in [0.717, 1.165) is 22.1 Å². The lowest BCUT2D eigenvalue weighted by Gasteiger charge is -2.18. The number of carbonyl (C=O) groups is 2. The van der Waals surface area contributed by atoms with Crippen molar-refractivity contribution in [1.29, 1.82) is 10.5 Å². The van der Waals surface area contributed by atoms with Crippen molar-refractivity contribution in [3.63, 3.8) is 0 Å². The smallest absolute Gasteiger partial charge is 0.204 e. The van der Waals surface area contributed by atoms with Crippen molar-refractivity contribution in [3.05, 3.63) is 231 Å². The van der Waals surface area contributed by atoms with Gasteiger partial charge in [0.05, 0.1) is 19.8 Å². The monoisotopic (exact) mass is 756 g/mol. The van der Waals surface area contributed by atoms with Crippen LogP contribution in [0.15, 0.2) is 182 Å². The van der Waals surface area contributed by atoms with E-state index in [9.17, 15) is 14.9 Å². The van der Waals surface area contributed by atoms with Crippen LogP contribution in [0, 0.1) is 35.8 Å². The maximum atomic E-state index is 12.6. The summed E-state index contributed by atoms with van der Waals surface area (Å²) >= 11 is 0. The molecule has 2 heterocycles. The van der Waals surface area contributed by atoms with E-state index in [-0.39, 0.29) is 29.3 Å². The van der Waals surface area contributed by atoms with Crippen molar-refractivity contribution in [2.24, 2.45) is 0 Å². The maximum Gasteiger partial charge on any atom is 0.204 e. The zero-order valence-electron chi connectivity index (χ0n) is 31.5. The predicted molar refractivity (Wildman–Crippen MR) is 226 cm³/mol. The van der Waals surface area contributed by atoms with Gasteiger partial charge in [-0.1, -0.05) is 97.1 Å².